The molecule has 1 aromatic carbocycles. The Bertz CT molecular complexity index is 1210. The summed E-state index contributed by atoms with van der Waals surface area (Å²) in [5.41, 5.74) is 7.03. The summed E-state index contributed by atoms with van der Waals surface area (Å²) >= 11 is 0. The molecule has 7 nitrogen and oxygen atoms in total. The van der Waals surface area contributed by atoms with Crippen LogP contribution in [0.2, 0.25) is 0 Å². The normalized spacial score (nSPS) is 19.8. The molecular weight excluding hydrogens is 445 g/mol. The molecular formula is C24H29F3N6O. The van der Waals surface area contributed by atoms with Crippen LogP contribution in [0.1, 0.15) is 36.5 Å². The summed E-state index contributed by atoms with van der Waals surface area (Å²) in [6.07, 6.45) is 2.47. The average Bonchev–Trinajstić information content (AvgIpc) is 3.22. The number of rotatable bonds is 7. The van der Waals surface area contributed by atoms with E-state index in [9.17, 15) is 13.6 Å². The molecule has 0 spiro atoms. The number of carbonyl (C=O) groups excluding carboxylic acids is 1. The average molecular weight is 475 g/mol. The van der Waals surface area contributed by atoms with Crippen molar-refractivity contribution >= 4 is 34.1 Å². The van der Waals surface area contributed by atoms with Crippen molar-refractivity contribution in [1.29, 1.82) is 0 Å². The number of fused-ring (bicyclic) bond motifs is 1. The Balaban J connectivity index is 1.76. The van der Waals surface area contributed by atoms with Crippen LogP contribution in [0.5, 0.6) is 0 Å². The molecule has 0 radical (unpaired) electrons. The van der Waals surface area contributed by atoms with Crippen LogP contribution in [-0.2, 0) is 6.54 Å². The lowest BCUT2D eigenvalue weighted by atomic mass is 9.86. The van der Waals surface area contributed by atoms with Crippen molar-refractivity contribution in [3.63, 3.8) is 0 Å². The minimum Gasteiger partial charge on any atom is -0.365 e. The van der Waals surface area contributed by atoms with Gasteiger partial charge in [0.2, 0.25) is 0 Å². The van der Waals surface area contributed by atoms with E-state index >= 15 is 4.39 Å². The molecule has 1 amide bonds. The number of hydrogen-bond acceptors (Lipinski definition) is 5. The number of pyridine rings is 1. The third-order valence-electron chi connectivity index (χ3n) is 6.62. The molecule has 182 valence electrons. The molecule has 10 heteroatoms. The van der Waals surface area contributed by atoms with Gasteiger partial charge in [0.05, 0.1) is 23.2 Å². The third-order valence-corrected chi connectivity index (χ3v) is 6.62. The maximum atomic E-state index is 15.1. The van der Waals surface area contributed by atoms with E-state index in [0.717, 1.165) is 23.5 Å². The maximum Gasteiger partial charge on any atom is 0.265 e. The van der Waals surface area contributed by atoms with Gasteiger partial charge in [-0.25, -0.2) is 18.2 Å². The van der Waals surface area contributed by atoms with Crippen molar-refractivity contribution in [2.75, 3.05) is 24.3 Å². The number of aromatic nitrogens is 2. The summed E-state index contributed by atoms with van der Waals surface area (Å²) in [5, 5.41) is 6.70. The fourth-order valence-electron chi connectivity index (χ4n) is 4.87. The van der Waals surface area contributed by atoms with Crippen LogP contribution in [0.25, 0.3) is 10.9 Å². The topological polar surface area (TPSA) is 88.2 Å². The number of amides is 1. The SMILES string of the molecule is CCn1ccc2c(Nc3nc(N(C)[C@@H]4CCCC(F)(F)C4NC)c(F)cc3C(N)=O)cccc21. The molecule has 0 saturated heterocycles. The van der Waals surface area contributed by atoms with Gasteiger partial charge < -0.3 is 25.8 Å². The fraction of sp³-hybridized carbons (Fsp3) is 0.417. The van der Waals surface area contributed by atoms with Crippen molar-refractivity contribution < 1.29 is 18.0 Å². The van der Waals surface area contributed by atoms with Gasteiger partial charge in [-0.05, 0) is 51.1 Å². The Morgan fingerprint density at radius 2 is 2.12 bits per heavy atom. The van der Waals surface area contributed by atoms with E-state index in [1.165, 1.54) is 19.0 Å². The van der Waals surface area contributed by atoms with Gasteiger partial charge in [0.15, 0.2) is 11.6 Å². The number of nitrogens with zero attached hydrogens (tertiary/aromatic N) is 3. The first-order chi connectivity index (χ1) is 16.2. The first kappa shape index (κ1) is 23.9. The minimum absolute atomic E-state index is 0.0658. The number of carbonyl (C=O) groups is 1. The Labute approximate surface area is 196 Å². The Kier molecular flexibility index (Phi) is 6.44. The Hall–Kier alpha value is -3.27. The zero-order valence-electron chi connectivity index (χ0n) is 19.4. The van der Waals surface area contributed by atoms with Crippen molar-refractivity contribution in [2.45, 2.75) is 50.7 Å². The van der Waals surface area contributed by atoms with Crippen molar-refractivity contribution in [2.24, 2.45) is 5.73 Å². The smallest absolute Gasteiger partial charge is 0.265 e. The third kappa shape index (κ3) is 4.18. The van der Waals surface area contributed by atoms with E-state index in [0.29, 0.717) is 18.5 Å². The number of aryl methyl sites for hydroxylation is 1. The van der Waals surface area contributed by atoms with Gasteiger partial charge in [0.1, 0.15) is 5.82 Å². The van der Waals surface area contributed by atoms with Crippen LogP contribution >= 0.6 is 0 Å². The molecule has 1 saturated carbocycles. The molecule has 2 heterocycles. The van der Waals surface area contributed by atoms with Crippen LogP contribution < -0.4 is 21.3 Å². The second-order valence-electron chi connectivity index (χ2n) is 8.62. The molecule has 1 aliphatic rings. The molecule has 1 aliphatic carbocycles. The monoisotopic (exact) mass is 474 g/mol. The van der Waals surface area contributed by atoms with E-state index < -0.39 is 29.7 Å². The fourth-order valence-corrected chi connectivity index (χ4v) is 4.87. The lowest BCUT2D eigenvalue weighted by Gasteiger charge is -2.42. The summed E-state index contributed by atoms with van der Waals surface area (Å²) in [6.45, 7) is 2.81. The minimum atomic E-state index is -2.93. The first-order valence-electron chi connectivity index (χ1n) is 11.3. The number of nitrogens with two attached hydrogens (primary N) is 1. The second kappa shape index (κ2) is 9.17. The van der Waals surface area contributed by atoms with Crippen LogP contribution in [0.4, 0.5) is 30.5 Å². The second-order valence-corrected chi connectivity index (χ2v) is 8.62. The zero-order valence-corrected chi connectivity index (χ0v) is 19.4. The van der Waals surface area contributed by atoms with Crippen LogP contribution in [0.15, 0.2) is 36.5 Å². The van der Waals surface area contributed by atoms with Gasteiger partial charge in [-0.3, -0.25) is 4.79 Å². The molecule has 0 aliphatic heterocycles. The Morgan fingerprint density at radius 1 is 1.35 bits per heavy atom. The number of primary amides is 1. The zero-order chi connectivity index (χ0) is 24.6. The number of alkyl halides is 2. The van der Waals surface area contributed by atoms with Crippen LogP contribution in [0, 0.1) is 5.82 Å². The highest BCUT2D eigenvalue weighted by Gasteiger charge is 2.48. The number of anilines is 3. The summed E-state index contributed by atoms with van der Waals surface area (Å²) in [4.78, 5) is 17.9. The summed E-state index contributed by atoms with van der Waals surface area (Å²) in [5.74, 6) is -4.65. The maximum absolute atomic E-state index is 15.1. The highest BCUT2D eigenvalue weighted by Crippen LogP contribution is 2.38. The molecule has 3 aromatic rings. The predicted molar refractivity (Wildman–Crippen MR) is 127 cm³/mol. The van der Waals surface area contributed by atoms with Gasteiger partial charge in [-0.1, -0.05) is 6.07 Å². The standard InChI is InChI=1S/C24H29F3N6O/c1-4-33-12-10-14-17(7-5-8-18(14)33)30-22-15(21(28)34)13-16(25)23(31-22)32(3)19-9-6-11-24(26,27)20(19)29-2/h5,7-8,10,12-13,19-20,29H,4,6,9,11H2,1-3H3,(H2,28,34)(H,30,31)/t19-,20?/m1/s1. The van der Waals surface area contributed by atoms with Gasteiger partial charge >= 0.3 is 0 Å². The lowest BCUT2D eigenvalue weighted by molar-refractivity contribution is -0.0685. The number of benzene rings is 1. The number of nitrogens with one attached hydrogen (secondary N) is 2. The summed E-state index contributed by atoms with van der Waals surface area (Å²) < 4.78 is 46.2. The highest BCUT2D eigenvalue weighted by atomic mass is 19.3. The molecule has 2 atom stereocenters. The van der Waals surface area contributed by atoms with Crippen LogP contribution in [-0.4, -0.2) is 47.6 Å². The predicted octanol–water partition coefficient (Wildman–Crippen LogP) is 4.25. The summed E-state index contributed by atoms with van der Waals surface area (Å²) in [7, 11) is 3.01. The van der Waals surface area contributed by atoms with E-state index in [2.05, 4.69) is 20.2 Å². The highest BCUT2D eigenvalue weighted by molar-refractivity contribution is 6.01. The first-order valence-corrected chi connectivity index (χ1v) is 11.3. The van der Waals surface area contributed by atoms with Gasteiger partial charge in [0.25, 0.3) is 11.8 Å². The van der Waals surface area contributed by atoms with Crippen molar-refractivity contribution in [1.82, 2.24) is 14.9 Å². The molecule has 1 fully saturated rings. The lowest BCUT2D eigenvalue weighted by Crippen LogP contribution is -2.59. The van der Waals surface area contributed by atoms with E-state index in [-0.39, 0.29) is 23.6 Å². The van der Waals surface area contributed by atoms with E-state index in [1.807, 2.05) is 37.4 Å². The Morgan fingerprint density at radius 3 is 2.79 bits per heavy atom. The largest absolute Gasteiger partial charge is 0.365 e. The number of halogens is 3. The molecule has 1 unspecified atom stereocenters. The van der Waals surface area contributed by atoms with Gasteiger partial charge in [-0.15, -0.1) is 0 Å². The number of likely N-dealkylation sites (N-methyl/N-ethyl adjacent to an activating group) is 2. The van der Waals surface area contributed by atoms with E-state index in [1.54, 1.807) is 0 Å². The van der Waals surface area contributed by atoms with E-state index in [4.69, 9.17) is 5.73 Å². The van der Waals surface area contributed by atoms with Crippen molar-refractivity contribution in [3.05, 3.63) is 47.9 Å². The summed E-state index contributed by atoms with van der Waals surface area (Å²) in [6, 6.07) is 6.74. The van der Waals surface area contributed by atoms with Gasteiger partial charge in [-0.2, -0.15) is 0 Å². The molecule has 2 aromatic heterocycles. The van der Waals surface area contributed by atoms with Crippen LogP contribution in [0.3, 0.4) is 0 Å². The number of hydrogen-bond donors (Lipinski definition) is 3. The molecule has 4 rings (SSSR count). The van der Waals surface area contributed by atoms with Gasteiger partial charge in [0, 0.05) is 37.3 Å². The molecule has 4 N–H and O–H groups in total. The molecule has 0 bridgehead atoms. The van der Waals surface area contributed by atoms with Crippen molar-refractivity contribution in [3.8, 4) is 0 Å². The molecule has 34 heavy (non-hydrogen) atoms. The quantitative estimate of drug-likeness (QED) is 0.477.